The highest BCUT2D eigenvalue weighted by Crippen LogP contribution is 2.11. The van der Waals surface area contributed by atoms with Crippen LogP contribution in [0.5, 0.6) is 5.88 Å². The van der Waals surface area contributed by atoms with Crippen molar-refractivity contribution in [3.63, 3.8) is 0 Å². The van der Waals surface area contributed by atoms with E-state index in [0.29, 0.717) is 11.6 Å². The van der Waals surface area contributed by atoms with Crippen LogP contribution in [-0.2, 0) is 0 Å². The van der Waals surface area contributed by atoms with Gasteiger partial charge in [-0.1, -0.05) is 0 Å². The van der Waals surface area contributed by atoms with Gasteiger partial charge in [-0.2, -0.15) is 0 Å². The van der Waals surface area contributed by atoms with Crippen molar-refractivity contribution in [2.45, 2.75) is 19.9 Å². The van der Waals surface area contributed by atoms with Gasteiger partial charge in [-0.3, -0.25) is 4.79 Å². The lowest BCUT2D eigenvalue weighted by atomic mass is 10.2. The van der Waals surface area contributed by atoms with Gasteiger partial charge in [0.15, 0.2) is 5.78 Å². The van der Waals surface area contributed by atoms with E-state index in [-0.39, 0.29) is 11.5 Å². The van der Waals surface area contributed by atoms with Crippen LogP contribution in [0.4, 0.5) is 0 Å². The van der Waals surface area contributed by atoms with E-state index in [2.05, 4.69) is 9.97 Å². The summed E-state index contributed by atoms with van der Waals surface area (Å²) in [5, 5.41) is 0. The number of rotatable bonds is 3. The number of Topliss-reactive ketones (excluding diaryl/α,β-unsaturated/α-hetero) is 1. The van der Waals surface area contributed by atoms with E-state index in [4.69, 9.17) is 10.5 Å². The standard InChI is InChI=1S/C9H13N3O2/c1-5(10)8(13)7-4-11-9(14-3)6(2)12-7/h4-5H,10H2,1-3H3. The second-order valence-electron chi connectivity index (χ2n) is 3.00. The normalized spacial score (nSPS) is 12.3. The second kappa shape index (κ2) is 4.15. The van der Waals surface area contributed by atoms with Crippen molar-refractivity contribution in [1.29, 1.82) is 0 Å². The molecule has 0 spiro atoms. The molecule has 0 amide bonds. The maximum Gasteiger partial charge on any atom is 0.235 e. The molecule has 1 rings (SSSR count). The monoisotopic (exact) mass is 195 g/mol. The molecule has 0 saturated carbocycles. The molecule has 5 nitrogen and oxygen atoms in total. The number of ether oxygens (including phenoxy) is 1. The Balaban J connectivity index is 3.03. The van der Waals surface area contributed by atoms with Crippen LogP contribution in [0.15, 0.2) is 6.20 Å². The quantitative estimate of drug-likeness (QED) is 0.703. The second-order valence-corrected chi connectivity index (χ2v) is 3.00. The van der Waals surface area contributed by atoms with Crippen LogP contribution < -0.4 is 10.5 Å². The molecule has 1 atom stereocenters. The lowest BCUT2D eigenvalue weighted by Crippen LogP contribution is -2.27. The molecule has 0 radical (unpaired) electrons. The van der Waals surface area contributed by atoms with Crippen LogP contribution in [0.2, 0.25) is 0 Å². The van der Waals surface area contributed by atoms with Crippen molar-refractivity contribution in [3.8, 4) is 5.88 Å². The number of hydrogen-bond acceptors (Lipinski definition) is 5. The maximum atomic E-state index is 11.4. The third kappa shape index (κ3) is 2.05. The van der Waals surface area contributed by atoms with Crippen molar-refractivity contribution in [2.24, 2.45) is 5.73 Å². The summed E-state index contributed by atoms with van der Waals surface area (Å²) in [5.74, 6) is 0.203. The highest BCUT2D eigenvalue weighted by Gasteiger charge is 2.14. The lowest BCUT2D eigenvalue weighted by molar-refractivity contribution is 0.0962. The third-order valence-electron chi connectivity index (χ3n) is 1.76. The SMILES string of the molecule is COc1ncc(C(=O)C(C)N)nc1C. The zero-order valence-corrected chi connectivity index (χ0v) is 8.44. The molecular formula is C9H13N3O2. The molecule has 2 N–H and O–H groups in total. The Kier molecular flexibility index (Phi) is 3.14. The van der Waals surface area contributed by atoms with Crippen LogP contribution in [-0.4, -0.2) is 28.9 Å². The number of hydrogen-bond donors (Lipinski definition) is 1. The molecule has 0 aliphatic heterocycles. The van der Waals surface area contributed by atoms with Gasteiger partial charge in [-0.15, -0.1) is 0 Å². The molecule has 76 valence electrons. The summed E-state index contributed by atoms with van der Waals surface area (Å²) in [5.41, 5.74) is 6.30. The van der Waals surface area contributed by atoms with E-state index >= 15 is 0 Å². The minimum atomic E-state index is -0.558. The number of carbonyl (C=O) groups is 1. The topological polar surface area (TPSA) is 78.1 Å². The number of carbonyl (C=O) groups excluding carboxylic acids is 1. The number of aromatic nitrogens is 2. The largest absolute Gasteiger partial charge is 0.480 e. The van der Waals surface area contributed by atoms with Gasteiger partial charge >= 0.3 is 0 Å². The van der Waals surface area contributed by atoms with Crippen LogP contribution in [0.3, 0.4) is 0 Å². The highest BCUT2D eigenvalue weighted by atomic mass is 16.5. The van der Waals surface area contributed by atoms with Gasteiger partial charge in [0, 0.05) is 0 Å². The van der Waals surface area contributed by atoms with Gasteiger partial charge < -0.3 is 10.5 Å². The van der Waals surface area contributed by atoms with Crippen LogP contribution >= 0.6 is 0 Å². The lowest BCUT2D eigenvalue weighted by Gasteiger charge is -2.06. The minimum absolute atomic E-state index is 0.219. The van der Waals surface area contributed by atoms with Crippen LogP contribution in [0.25, 0.3) is 0 Å². The number of methoxy groups -OCH3 is 1. The molecule has 1 aromatic rings. The fraction of sp³-hybridized carbons (Fsp3) is 0.444. The predicted octanol–water partition coefficient (Wildman–Crippen LogP) is 0.324. The molecule has 14 heavy (non-hydrogen) atoms. The van der Waals surface area contributed by atoms with Crippen molar-refractivity contribution < 1.29 is 9.53 Å². The summed E-state index contributed by atoms with van der Waals surface area (Å²) >= 11 is 0. The molecule has 0 aromatic carbocycles. The van der Waals surface area contributed by atoms with Crippen LogP contribution in [0.1, 0.15) is 23.1 Å². The molecule has 0 bridgehead atoms. The first-order chi connectivity index (χ1) is 6.56. The molecule has 1 unspecified atom stereocenters. The van der Waals surface area contributed by atoms with Crippen molar-refractivity contribution in [2.75, 3.05) is 7.11 Å². The van der Waals surface area contributed by atoms with Crippen molar-refractivity contribution in [1.82, 2.24) is 9.97 Å². The Morgan fingerprint density at radius 1 is 1.64 bits per heavy atom. The Hall–Kier alpha value is -1.49. The third-order valence-corrected chi connectivity index (χ3v) is 1.76. The Bertz CT molecular complexity index is 350. The molecule has 1 aromatic heterocycles. The molecule has 0 aliphatic rings. The van der Waals surface area contributed by atoms with E-state index in [1.165, 1.54) is 13.3 Å². The number of ketones is 1. The fourth-order valence-corrected chi connectivity index (χ4v) is 1.02. The summed E-state index contributed by atoms with van der Waals surface area (Å²) in [6.45, 7) is 3.34. The highest BCUT2D eigenvalue weighted by molar-refractivity contribution is 5.97. The van der Waals surface area contributed by atoms with Gasteiger partial charge in [0.2, 0.25) is 5.88 Å². The first kappa shape index (κ1) is 10.6. The smallest absolute Gasteiger partial charge is 0.235 e. The van der Waals surface area contributed by atoms with Crippen molar-refractivity contribution >= 4 is 5.78 Å². The maximum absolute atomic E-state index is 11.4. The van der Waals surface area contributed by atoms with Crippen LogP contribution in [0, 0.1) is 6.92 Å². The van der Waals surface area contributed by atoms with Gasteiger partial charge in [-0.25, -0.2) is 9.97 Å². The molecule has 5 heteroatoms. The Labute approximate surface area is 82.3 Å². The Morgan fingerprint density at radius 3 is 2.71 bits per heavy atom. The fourth-order valence-electron chi connectivity index (χ4n) is 1.02. The molecule has 0 fully saturated rings. The summed E-state index contributed by atoms with van der Waals surface area (Å²) < 4.78 is 4.92. The average molecular weight is 195 g/mol. The number of aryl methyl sites for hydroxylation is 1. The first-order valence-corrected chi connectivity index (χ1v) is 4.23. The van der Waals surface area contributed by atoms with Gasteiger partial charge in [-0.05, 0) is 13.8 Å². The van der Waals surface area contributed by atoms with E-state index in [1.54, 1.807) is 13.8 Å². The molecule has 1 heterocycles. The zero-order valence-electron chi connectivity index (χ0n) is 8.44. The average Bonchev–Trinajstić information content (AvgIpc) is 2.16. The van der Waals surface area contributed by atoms with Gasteiger partial charge in [0.25, 0.3) is 0 Å². The summed E-state index contributed by atoms with van der Waals surface area (Å²) in [6, 6.07) is -0.558. The summed E-state index contributed by atoms with van der Waals surface area (Å²) in [4.78, 5) is 19.4. The van der Waals surface area contributed by atoms with Crippen molar-refractivity contribution in [3.05, 3.63) is 17.6 Å². The van der Waals surface area contributed by atoms with Gasteiger partial charge in [0.05, 0.1) is 19.3 Å². The molecular weight excluding hydrogens is 182 g/mol. The Morgan fingerprint density at radius 2 is 2.29 bits per heavy atom. The van der Waals surface area contributed by atoms with E-state index in [9.17, 15) is 4.79 Å². The van der Waals surface area contributed by atoms with E-state index < -0.39 is 6.04 Å². The molecule has 0 aliphatic carbocycles. The number of nitrogens with two attached hydrogens (primary N) is 1. The summed E-state index contributed by atoms with van der Waals surface area (Å²) in [7, 11) is 1.50. The first-order valence-electron chi connectivity index (χ1n) is 4.23. The van der Waals surface area contributed by atoms with E-state index in [1.807, 2.05) is 0 Å². The molecule has 0 saturated heterocycles. The number of nitrogens with zero attached hydrogens (tertiary/aromatic N) is 2. The zero-order chi connectivity index (χ0) is 10.7. The van der Waals surface area contributed by atoms with Gasteiger partial charge in [0.1, 0.15) is 11.4 Å². The minimum Gasteiger partial charge on any atom is -0.480 e. The van der Waals surface area contributed by atoms with E-state index in [0.717, 1.165) is 0 Å². The predicted molar refractivity (Wildman–Crippen MR) is 51.3 cm³/mol. The summed E-state index contributed by atoms with van der Waals surface area (Å²) in [6.07, 6.45) is 1.37.